The standard InChI is InChI=1S/C30H35ClN10O/c1-19-8-9-22(31)20(2)29(19)39-30(37-23-6-4-5-7-24(23)38-30)25-16-26(33-18-32-25)36-27-17-28(35-21(3)34-27)41-12-10-40(11-13-41)14-15-42/h4-9,16-18,37-39,42H,10-15H2,1-3H3,(H,32,33,34,35,36). The third-order valence-corrected chi connectivity index (χ3v) is 8.14. The first-order valence-electron chi connectivity index (χ1n) is 14.1. The quantitative estimate of drug-likeness (QED) is 0.201. The number of anilines is 6. The van der Waals surface area contributed by atoms with E-state index in [4.69, 9.17) is 16.6 Å². The van der Waals surface area contributed by atoms with Crippen LogP contribution in [-0.2, 0) is 5.79 Å². The van der Waals surface area contributed by atoms with E-state index in [0.29, 0.717) is 34.7 Å². The van der Waals surface area contributed by atoms with Crippen LogP contribution in [0.4, 0.5) is 34.5 Å². The molecule has 6 rings (SSSR count). The number of nitrogens with one attached hydrogen (secondary N) is 4. The molecule has 11 nitrogen and oxygen atoms in total. The van der Waals surface area contributed by atoms with Gasteiger partial charge in [-0.05, 0) is 50.1 Å². The van der Waals surface area contributed by atoms with Crippen LogP contribution in [-0.4, -0.2) is 69.3 Å². The number of halogens is 1. The highest BCUT2D eigenvalue weighted by atomic mass is 35.5. The van der Waals surface area contributed by atoms with Crippen molar-refractivity contribution in [1.82, 2.24) is 24.8 Å². The van der Waals surface area contributed by atoms with Gasteiger partial charge in [0.2, 0.25) is 5.79 Å². The zero-order chi connectivity index (χ0) is 29.3. The minimum absolute atomic E-state index is 0.174. The van der Waals surface area contributed by atoms with E-state index in [1.54, 1.807) is 6.33 Å². The van der Waals surface area contributed by atoms with Crippen LogP contribution in [0.2, 0.25) is 5.02 Å². The van der Waals surface area contributed by atoms with Crippen molar-refractivity contribution in [3.05, 3.63) is 82.5 Å². The second-order valence-corrected chi connectivity index (χ2v) is 11.1. The zero-order valence-corrected chi connectivity index (χ0v) is 24.7. The Kier molecular flexibility index (Phi) is 7.72. The predicted molar refractivity (Wildman–Crippen MR) is 168 cm³/mol. The number of β-amino-alcohol motifs (C(OH)–C–C–N with tert-alkyl or cyclic N) is 1. The molecule has 4 heterocycles. The van der Waals surface area contributed by atoms with Gasteiger partial charge in [-0.3, -0.25) is 4.90 Å². The number of para-hydroxylation sites is 2. The summed E-state index contributed by atoms with van der Waals surface area (Å²) in [6, 6.07) is 15.8. The van der Waals surface area contributed by atoms with Crippen LogP contribution in [0.5, 0.6) is 0 Å². The van der Waals surface area contributed by atoms with E-state index in [1.165, 1.54) is 0 Å². The SMILES string of the molecule is Cc1nc(Nc2cc(C3(Nc4c(C)ccc(Cl)c4C)Nc4ccccc4N3)ncn2)cc(N2CCN(CCO)CC2)n1. The second-order valence-electron chi connectivity index (χ2n) is 10.7. The summed E-state index contributed by atoms with van der Waals surface area (Å²) in [5, 5.41) is 24.2. The van der Waals surface area contributed by atoms with Gasteiger partial charge in [0, 0.05) is 55.6 Å². The van der Waals surface area contributed by atoms with E-state index >= 15 is 0 Å². The summed E-state index contributed by atoms with van der Waals surface area (Å²) in [4.78, 5) is 23.0. The average molecular weight is 587 g/mol. The maximum Gasteiger partial charge on any atom is 0.230 e. The van der Waals surface area contributed by atoms with Crippen LogP contribution < -0.4 is 26.2 Å². The predicted octanol–water partition coefficient (Wildman–Crippen LogP) is 4.46. The van der Waals surface area contributed by atoms with Gasteiger partial charge in [-0.25, -0.2) is 19.9 Å². The Hall–Kier alpha value is -4.19. The van der Waals surface area contributed by atoms with Crippen molar-refractivity contribution in [2.75, 3.05) is 65.5 Å². The van der Waals surface area contributed by atoms with E-state index in [9.17, 15) is 5.11 Å². The summed E-state index contributed by atoms with van der Waals surface area (Å²) in [7, 11) is 0. The summed E-state index contributed by atoms with van der Waals surface area (Å²) in [6.45, 7) is 10.2. The summed E-state index contributed by atoms with van der Waals surface area (Å²) in [6.07, 6.45) is 1.54. The van der Waals surface area contributed by atoms with Crippen LogP contribution in [0.3, 0.4) is 0 Å². The number of piperazine rings is 1. The molecule has 1 fully saturated rings. The zero-order valence-electron chi connectivity index (χ0n) is 23.9. The molecule has 0 atom stereocenters. The fraction of sp³-hybridized carbons (Fsp3) is 0.333. The summed E-state index contributed by atoms with van der Waals surface area (Å²) < 4.78 is 0. The number of nitrogens with zero attached hydrogens (tertiary/aromatic N) is 6. The van der Waals surface area contributed by atoms with Crippen LogP contribution in [0.1, 0.15) is 22.6 Å². The van der Waals surface area contributed by atoms with Gasteiger partial charge in [0.25, 0.3) is 0 Å². The molecule has 0 radical (unpaired) electrons. The summed E-state index contributed by atoms with van der Waals surface area (Å²) in [5.41, 5.74) is 5.50. The number of hydrogen-bond donors (Lipinski definition) is 5. The molecule has 0 amide bonds. The molecule has 0 aliphatic carbocycles. The molecular formula is C30H35ClN10O. The highest BCUT2D eigenvalue weighted by Gasteiger charge is 2.40. The summed E-state index contributed by atoms with van der Waals surface area (Å²) in [5.74, 6) is 1.81. The number of fused-ring (bicyclic) bond motifs is 1. The molecule has 0 spiro atoms. The first-order valence-corrected chi connectivity index (χ1v) is 14.4. The molecule has 12 heteroatoms. The monoisotopic (exact) mass is 586 g/mol. The van der Waals surface area contributed by atoms with E-state index in [0.717, 1.165) is 60.2 Å². The molecule has 4 aromatic rings. The average Bonchev–Trinajstić information content (AvgIpc) is 3.37. The van der Waals surface area contributed by atoms with Gasteiger partial charge >= 0.3 is 0 Å². The Morgan fingerprint density at radius 2 is 1.67 bits per heavy atom. The highest BCUT2D eigenvalue weighted by molar-refractivity contribution is 6.31. The molecule has 2 aliphatic rings. The minimum Gasteiger partial charge on any atom is -0.395 e. The van der Waals surface area contributed by atoms with E-state index in [1.807, 2.05) is 62.4 Å². The fourth-order valence-corrected chi connectivity index (χ4v) is 5.63. The lowest BCUT2D eigenvalue weighted by atomic mass is 10.1. The van der Waals surface area contributed by atoms with Crippen LogP contribution in [0, 0.1) is 20.8 Å². The first-order chi connectivity index (χ1) is 20.3. The van der Waals surface area contributed by atoms with Crippen molar-refractivity contribution in [3.63, 3.8) is 0 Å². The molecule has 0 bridgehead atoms. The lowest BCUT2D eigenvalue weighted by Crippen LogP contribution is -2.47. The normalized spacial score (nSPS) is 16.0. The molecular weight excluding hydrogens is 552 g/mol. The third-order valence-electron chi connectivity index (χ3n) is 7.74. The Balaban J connectivity index is 1.30. The fourth-order valence-electron chi connectivity index (χ4n) is 5.47. The van der Waals surface area contributed by atoms with Gasteiger partial charge in [0.1, 0.15) is 35.3 Å². The minimum atomic E-state index is -0.968. The van der Waals surface area contributed by atoms with E-state index < -0.39 is 5.79 Å². The third kappa shape index (κ3) is 5.63. The van der Waals surface area contributed by atoms with E-state index in [2.05, 4.69) is 52.9 Å². The molecule has 218 valence electrons. The van der Waals surface area contributed by atoms with Crippen LogP contribution in [0.25, 0.3) is 0 Å². The number of benzene rings is 2. The number of rotatable bonds is 8. The lowest BCUT2D eigenvalue weighted by Gasteiger charge is -2.35. The maximum atomic E-state index is 9.26. The van der Waals surface area contributed by atoms with Gasteiger partial charge in [0.05, 0.1) is 18.0 Å². The molecule has 0 unspecified atom stereocenters. The van der Waals surface area contributed by atoms with Crippen molar-refractivity contribution < 1.29 is 5.11 Å². The molecule has 2 aliphatic heterocycles. The Labute approximate surface area is 250 Å². The van der Waals surface area contributed by atoms with Crippen molar-refractivity contribution in [2.45, 2.75) is 26.6 Å². The van der Waals surface area contributed by atoms with E-state index in [-0.39, 0.29) is 6.61 Å². The number of aliphatic hydroxyl groups excluding tert-OH is 1. The van der Waals surface area contributed by atoms with Crippen molar-refractivity contribution in [2.24, 2.45) is 0 Å². The Morgan fingerprint density at radius 1 is 0.929 bits per heavy atom. The topological polar surface area (TPSA) is 126 Å². The molecule has 2 aromatic carbocycles. The molecule has 0 saturated carbocycles. The number of aryl methyl sites for hydroxylation is 2. The first kappa shape index (κ1) is 28.0. The Morgan fingerprint density at radius 3 is 2.38 bits per heavy atom. The van der Waals surface area contributed by atoms with Gasteiger partial charge in [0.15, 0.2) is 0 Å². The second kappa shape index (κ2) is 11.6. The van der Waals surface area contributed by atoms with Crippen LogP contribution in [0.15, 0.2) is 54.9 Å². The molecule has 5 N–H and O–H groups in total. The largest absolute Gasteiger partial charge is 0.395 e. The molecule has 1 saturated heterocycles. The molecule has 2 aromatic heterocycles. The van der Waals surface area contributed by atoms with Crippen LogP contribution >= 0.6 is 11.6 Å². The van der Waals surface area contributed by atoms with Gasteiger partial charge in [-0.2, -0.15) is 0 Å². The van der Waals surface area contributed by atoms with Crippen molar-refractivity contribution >= 4 is 46.1 Å². The van der Waals surface area contributed by atoms with Gasteiger partial charge in [-0.15, -0.1) is 0 Å². The van der Waals surface area contributed by atoms with Gasteiger partial charge < -0.3 is 31.3 Å². The van der Waals surface area contributed by atoms with Gasteiger partial charge in [-0.1, -0.05) is 29.8 Å². The smallest absolute Gasteiger partial charge is 0.230 e. The lowest BCUT2D eigenvalue weighted by molar-refractivity contribution is 0.188. The van der Waals surface area contributed by atoms with Crippen molar-refractivity contribution in [1.29, 1.82) is 0 Å². The number of aromatic nitrogens is 4. The number of aliphatic hydroxyl groups is 1. The van der Waals surface area contributed by atoms with Crippen molar-refractivity contribution in [3.8, 4) is 0 Å². The molecule has 42 heavy (non-hydrogen) atoms. The summed E-state index contributed by atoms with van der Waals surface area (Å²) >= 11 is 6.53. The number of hydrogen-bond acceptors (Lipinski definition) is 11. The highest BCUT2D eigenvalue weighted by Crippen LogP contribution is 2.41. The maximum absolute atomic E-state index is 9.26. The Bertz CT molecular complexity index is 1570.